The third-order valence-electron chi connectivity index (χ3n) is 3.94. The summed E-state index contributed by atoms with van der Waals surface area (Å²) < 4.78 is 4.85. The van der Waals surface area contributed by atoms with E-state index in [2.05, 4.69) is 11.4 Å². The Kier molecular flexibility index (Phi) is 7.17. The number of rotatable bonds is 6. The molecule has 6 nitrogen and oxygen atoms in total. The molecule has 0 aromatic carbocycles. The Morgan fingerprint density at radius 2 is 1.90 bits per heavy atom. The fourth-order valence-corrected chi connectivity index (χ4v) is 2.71. The fourth-order valence-electron chi connectivity index (χ4n) is 2.71. The Morgan fingerprint density at radius 1 is 1.29 bits per heavy atom. The number of nitriles is 1. The zero-order valence-electron chi connectivity index (χ0n) is 13.0. The highest BCUT2D eigenvalue weighted by Gasteiger charge is 2.40. The first kappa shape index (κ1) is 17.4. The summed E-state index contributed by atoms with van der Waals surface area (Å²) in [6.07, 6.45) is 5.12. The normalized spacial score (nSPS) is 17.4. The number of carbonyl (C=O) groups is 2. The summed E-state index contributed by atoms with van der Waals surface area (Å²) in [6.45, 7) is 0.832. The highest BCUT2D eigenvalue weighted by molar-refractivity contribution is 5.89. The van der Waals surface area contributed by atoms with Gasteiger partial charge in [-0.25, -0.2) is 0 Å². The molecule has 118 valence electrons. The van der Waals surface area contributed by atoms with Crippen molar-refractivity contribution in [2.45, 2.75) is 38.5 Å². The molecule has 0 aromatic heterocycles. The van der Waals surface area contributed by atoms with Crippen LogP contribution in [-0.2, 0) is 14.3 Å². The zero-order valence-corrected chi connectivity index (χ0v) is 13.0. The number of nitrogens with zero attached hydrogens (tertiary/aromatic N) is 2. The summed E-state index contributed by atoms with van der Waals surface area (Å²) in [7, 11) is 3.15. The molecule has 1 aliphatic carbocycles. The van der Waals surface area contributed by atoms with E-state index in [0.717, 1.165) is 25.7 Å². The maximum Gasteiger partial charge on any atom is 0.243 e. The molecular weight excluding hydrogens is 270 g/mol. The average molecular weight is 295 g/mol. The Hall–Kier alpha value is -1.61. The lowest BCUT2D eigenvalue weighted by molar-refractivity contribution is -0.141. The van der Waals surface area contributed by atoms with Gasteiger partial charge >= 0.3 is 0 Å². The molecule has 0 spiro atoms. The van der Waals surface area contributed by atoms with Gasteiger partial charge in [-0.3, -0.25) is 9.59 Å². The first-order chi connectivity index (χ1) is 10.1. The lowest BCUT2D eigenvalue weighted by Crippen LogP contribution is -2.46. The minimum absolute atomic E-state index is 0.0218. The van der Waals surface area contributed by atoms with Gasteiger partial charge in [-0.1, -0.05) is 25.7 Å². The predicted molar refractivity (Wildman–Crippen MR) is 78.3 cm³/mol. The Morgan fingerprint density at radius 3 is 2.43 bits per heavy atom. The van der Waals surface area contributed by atoms with Crippen LogP contribution < -0.4 is 5.32 Å². The molecule has 0 aromatic rings. The van der Waals surface area contributed by atoms with Crippen LogP contribution in [0.25, 0.3) is 0 Å². The van der Waals surface area contributed by atoms with Crippen molar-refractivity contribution in [3.8, 4) is 6.07 Å². The van der Waals surface area contributed by atoms with Crippen LogP contribution in [0, 0.1) is 16.7 Å². The first-order valence-electron chi connectivity index (χ1n) is 7.48. The monoisotopic (exact) mass is 295 g/mol. The van der Waals surface area contributed by atoms with Gasteiger partial charge in [0, 0.05) is 20.7 Å². The van der Waals surface area contributed by atoms with Crippen LogP contribution in [0.1, 0.15) is 38.5 Å². The molecule has 1 rings (SSSR count). The predicted octanol–water partition coefficient (Wildman–Crippen LogP) is 1.07. The molecule has 6 heteroatoms. The highest BCUT2D eigenvalue weighted by Crippen LogP contribution is 2.35. The lowest BCUT2D eigenvalue weighted by atomic mass is 9.80. The Labute approximate surface area is 126 Å². The second kappa shape index (κ2) is 8.63. The zero-order chi connectivity index (χ0) is 15.7. The van der Waals surface area contributed by atoms with Crippen molar-refractivity contribution in [1.29, 1.82) is 5.26 Å². The number of amides is 2. The number of methoxy groups -OCH3 is 1. The van der Waals surface area contributed by atoms with Gasteiger partial charge in [-0.05, 0) is 12.8 Å². The molecular formula is C15H25N3O3. The number of ether oxygens (including phenoxy) is 1. The average Bonchev–Trinajstić information content (AvgIpc) is 2.73. The van der Waals surface area contributed by atoms with Crippen molar-refractivity contribution in [3.05, 3.63) is 0 Å². The van der Waals surface area contributed by atoms with Gasteiger partial charge in [0.25, 0.3) is 0 Å². The third-order valence-corrected chi connectivity index (χ3v) is 3.94. The van der Waals surface area contributed by atoms with E-state index in [-0.39, 0.29) is 18.4 Å². The molecule has 0 radical (unpaired) electrons. The summed E-state index contributed by atoms with van der Waals surface area (Å²) in [4.78, 5) is 25.7. The fraction of sp³-hybridized carbons (Fsp3) is 0.800. The van der Waals surface area contributed by atoms with Gasteiger partial charge < -0.3 is 15.0 Å². The van der Waals surface area contributed by atoms with Crippen molar-refractivity contribution >= 4 is 11.8 Å². The molecule has 1 N–H and O–H groups in total. The maximum atomic E-state index is 12.6. The van der Waals surface area contributed by atoms with Gasteiger partial charge in [0.05, 0.1) is 19.2 Å². The van der Waals surface area contributed by atoms with E-state index in [1.807, 2.05) is 0 Å². The minimum Gasteiger partial charge on any atom is -0.383 e. The molecule has 0 heterocycles. The lowest BCUT2D eigenvalue weighted by Gasteiger charge is -2.29. The summed E-state index contributed by atoms with van der Waals surface area (Å²) >= 11 is 0. The largest absolute Gasteiger partial charge is 0.383 e. The topological polar surface area (TPSA) is 82.4 Å². The molecule has 0 aliphatic heterocycles. The maximum absolute atomic E-state index is 12.6. The van der Waals surface area contributed by atoms with E-state index in [1.54, 1.807) is 14.2 Å². The van der Waals surface area contributed by atoms with E-state index in [4.69, 9.17) is 4.74 Å². The molecule has 0 unspecified atom stereocenters. The highest BCUT2D eigenvalue weighted by atomic mass is 16.5. The van der Waals surface area contributed by atoms with Crippen LogP contribution in [-0.4, -0.2) is 50.6 Å². The number of hydrogen-bond acceptors (Lipinski definition) is 4. The van der Waals surface area contributed by atoms with Crippen molar-refractivity contribution < 1.29 is 14.3 Å². The van der Waals surface area contributed by atoms with Crippen LogP contribution in [0.2, 0.25) is 0 Å². The van der Waals surface area contributed by atoms with Crippen molar-refractivity contribution in [2.75, 3.05) is 33.9 Å². The van der Waals surface area contributed by atoms with Crippen LogP contribution >= 0.6 is 0 Å². The molecule has 1 aliphatic rings. The molecule has 0 saturated heterocycles. The second-order valence-corrected chi connectivity index (χ2v) is 5.61. The molecule has 0 atom stereocenters. The Balaban J connectivity index is 2.58. The Bertz CT molecular complexity index is 395. The van der Waals surface area contributed by atoms with Gasteiger partial charge in [-0.2, -0.15) is 5.26 Å². The quantitative estimate of drug-likeness (QED) is 0.587. The van der Waals surface area contributed by atoms with Crippen LogP contribution in [0.15, 0.2) is 0 Å². The second-order valence-electron chi connectivity index (χ2n) is 5.61. The van der Waals surface area contributed by atoms with Gasteiger partial charge in [0.1, 0.15) is 5.41 Å². The van der Waals surface area contributed by atoms with E-state index in [1.165, 1.54) is 4.90 Å². The van der Waals surface area contributed by atoms with Crippen molar-refractivity contribution in [2.24, 2.45) is 5.41 Å². The number of hydrogen-bond donors (Lipinski definition) is 1. The van der Waals surface area contributed by atoms with E-state index >= 15 is 0 Å². The molecule has 0 bridgehead atoms. The third kappa shape index (κ3) is 5.01. The van der Waals surface area contributed by atoms with E-state index in [9.17, 15) is 14.9 Å². The van der Waals surface area contributed by atoms with E-state index in [0.29, 0.717) is 26.0 Å². The summed E-state index contributed by atoms with van der Waals surface area (Å²) in [5.74, 6) is -0.460. The van der Waals surface area contributed by atoms with Crippen LogP contribution in [0.4, 0.5) is 0 Å². The van der Waals surface area contributed by atoms with Crippen LogP contribution in [0.5, 0.6) is 0 Å². The van der Waals surface area contributed by atoms with Crippen LogP contribution in [0.3, 0.4) is 0 Å². The first-order valence-corrected chi connectivity index (χ1v) is 7.48. The van der Waals surface area contributed by atoms with Crippen molar-refractivity contribution in [1.82, 2.24) is 10.2 Å². The summed E-state index contributed by atoms with van der Waals surface area (Å²) in [6, 6.07) is 2.22. The molecule has 2 amide bonds. The van der Waals surface area contributed by atoms with Gasteiger partial charge in [0.2, 0.25) is 11.8 Å². The van der Waals surface area contributed by atoms with Gasteiger partial charge in [0.15, 0.2) is 0 Å². The standard InChI is InChI=1S/C15H25N3O3/c1-18(11-13(19)17-9-10-21-2)14(20)15(12-16)7-5-3-4-6-8-15/h3-11H2,1-2H3,(H,17,19). The summed E-state index contributed by atoms with van der Waals surface area (Å²) in [5, 5.41) is 12.2. The number of likely N-dealkylation sites (N-methyl/N-ethyl adjacent to an activating group) is 1. The SMILES string of the molecule is COCCNC(=O)CN(C)C(=O)C1(C#N)CCCCCC1. The number of carbonyl (C=O) groups excluding carboxylic acids is 2. The molecule has 1 fully saturated rings. The summed E-state index contributed by atoms with van der Waals surface area (Å²) in [5.41, 5.74) is -0.946. The smallest absolute Gasteiger partial charge is 0.243 e. The molecule has 1 saturated carbocycles. The molecule has 21 heavy (non-hydrogen) atoms. The van der Waals surface area contributed by atoms with Crippen molar-refractivity contribution in [3.63, 3.8) is 0 Å². The van der Waals surface area contributed by atoms with E-state index < -0.39 is 5.41 Å². The number of nitrogens with one attached hydrogen (secondary N) is 1. The van der Waals surface area contributed by atoms with Gasteiger partial charge in [-0.15, -0.1) is 0 Å². The minimum atomic E-state index is -0.946.